The molecule has 70 valence electrons. The van der Waals surface area contributed by atoms with E-state index in [4.69, 9.17) is 0 Å². The lowest BCUT2D eigenvalue weighted by atomic mass is 10.1. The van der Waals surface area contributed by atoms with E-state index in [1.807, 2.05) is 25.2 Å². The first-order valence-corrected chi connectivity index (χ1v) is 4.64. The van der Waals surface area contributed by atoms with Crippen molar-refractivity contribution in [2.45, 2.75) is 39.7 Å². The van der Waals surface area contributed by atoms with Gasteiger partial charge in [-0.05, 0) is 25.7 Å². The summed E-state index contributed by atoms with van der Waals surface area (Å²) in [4.78, 5) is 0. The molecule has 0 aliphatic heterocycles. The van der Waals surface area contributed by atoms with E-state index < -0.39 is 0 Å². The third-order valence-electron chi connectivity index (χ3n) is 1.58. The summed E-state index contributed by atoms with van der Waals surface area (Å²) in [7, 11) is 0. The Morgan fingerprint density at radius 2 is 1.92 bits per heavy atom. The average molecular weight is 168 g/mol. The minimum absolute atomic E-state index is 0.274. The Kier molecular flexibility index (Phi) is 6.78. The molecule has 0 saturated heterocycles. The second-order valence-electron chi connectivity index (χ2n) is 3.34. The van der Waals surface area contributed by atoms with Crippen molar-refractivity contribution >= 4 is 0 Å². The van der Waals surface area contributed by atoms with Crippen molar-refractivity contribution in [3.05, 3.63) is 24.3 Å². The highest BCUT2D eigenvalue weighted by Gasteiger charge is 1.96. The highest BCUT2D eigenvalue weighted by atomic mass is 16.3. The molecular formula is C11H20O. The second kappa shape index (κ2) is 7.11. The molecule has 0 aromatic carbocycles. The number of aliphatic hydroxyl groups is 1. The zero-order valence-electron chi connectivity index (χ0n) is 8.33. The molecule has 1 nitrogen and oxygen atoms in total. The first kappa shape index (κ1) is 11.4. The van der Waals surface area contributed by atoms with Crippen LogP contribution in [0.25, 0.3) is 0 Å². The third-order valence-corrected chi connectivity index (χ3v) is 1.58. The molecule has 0 aliphatic carbocycles. The van der Waals surface area contributed by atoms with Crippen LogP contribution in [-0.4, -0.2) is 11.2 Å². The van der Waals surface area contributed by atoms with Crippen LogP contribution in [0.2, 0.25) is 0 Å². The van der Waals surface area contributed by atoms with E-state index in [1.165, 1.54) is 0 Å². The SMILES string of the molecule is CC=CCCC(O)C=CC(C)C. The van der Waals surface area contributed by atoms with Gasteiger partial charge in [0.05, 0.1) is 6.10 Å². The van der Waals surface area contributed by atoms with Crippen LogP contribution in [0.4, 0.5) is 0 Å². The monoisotopic (exact) mass is 168 g/mol. The molecule has 12 heavy (non-hydrogen) atoms. The zero-order valence-corrected chi connectivity index (χ0v) is 8.33. The van der Waals surface area contributed by atoms with Gasteiger partial charge in [-0.2, -0.15) is 0 Å². The predicted molar refractivity (Wildman–Crippen MR) is 54.0 cm³/mol. The highest BCUT2D eigenvalue weighted by molar-refractivity contribution is 4.91. The van der Waals surface area contributed by atoms with Crippen molar-refractivity contribution in [1.82, 2.24) is 0 Å². The Balaban J connectivity index is 3.51. The van der Waals surface area contributed by atoms with Gasteiger partial charge >= 0.3 is 0 Å². The summed E-state index contributed by atoms with van der Waals surface area (Å²) in [6.07, 6.45) is 9.52. The number of allylic oxidation sites excluding steroid dienone is 3. The summed E-state index contributed by atoms with van der Waals surface area (Å²) in [5, 5.41) is 9.40. The smallest absolute Gasteiger partial charge is 0.0724 e. The first-order valence-electron chi connectivity index (χ1n) is 4.64. The van der Waals surface area contributed by atoms with E-state index in [9.17, 15) is 5.11 Å². The topological polar surface area (TPSA) is 20.2 Å². The van der Waals surface area contributed by atoms with Crippen LogP contribution in [0.15, 0.2) is 24.3 Å². The summed E-state index contributed by atoms with van der Waals surface area (Å²) in [6.45, 7) is 6.21. The van der Waals surface area contributed by atoms with Gasteiger partial charge in [-0.15, -0.1) is 0 Å². The number of hydrogen-bond acceptors (Lipinski definition) is 1. The minimum atomic E-state index is -0.274. The average Bonchev–Trinajstić information content (AvgIpc) is 2.01. The quantitative estimate of drug-likeness (QED) is 0.626. The maximum Gasteiger partial charge on any atom is 0.0724 e. The molecule has 1 heteroatoms. The second-order valence-corrected chi connectivity index (χ2v) is 3.34. The van der Waals surface area contributed by atoms with Gasteiger partial charge in [-0.1, -0.05) is 38.2 Å². The van der Waals surface area contributed by atoms with E-state index in [0.29, 0.717) is 5.92 Å². The van der Waals surface area contributed by atoms with Gasteiger partial charge in [0, 0.05) is 0 Å². The lowest BCUT2D eigenvalue weighted by Crippen LogP contribution is -2.01. The molecule has 1 N–H and O–H groups in total. The fourth-order valence-electron chi connectivity index (χ4n) is 0.880. The Bertz CT molecular complexity index is 145. The largest absolute Gasteiger partial charge is 0.389 e. The summed E-state index contributed by atoms with van der Waals surface area (Å²) in [5.74, 6) is 0.529. The van der Waals surface area contributed by atoms with Crippen molar-refractivity contribution in [2.24, 2.45) is 5.92 Å². The van der Waals surface area contributed by atoms with Crippen molar-refractivity contribution in [3.63, 3.8) is 0 Å². The fourth-order valence-corrected chi connectivity index (χ4v) is 0.880. The van der Waals surface area contributed by atoms with Crippen LogP contribution in [0.5, 0.6) is 0 Å². The molecule has 0 aromatic heterocycles. The fraction of sp³-hybridized carbons (Fsp3) is 0.636. The van der Waals surface area contributed by atoms with Gasteiger partial charge in [0.2, 0.25) is 0 Å². The van der Waals surface area contributed by atoms with E-state index in [1.54, 1.807) is 0 Å². The number of aliphatic hydroxyl groups excluding tert-OH is 1. The van der Waals surface area contributed by atoms with Gasteiger partial charge < -0.3 is 5.11 Å². The normalized spacial score (nSPS) is 15.1. The standard InChI is InChI=1S/C11H20O/c1-4-5-6-7-11(12)9-8-10(2)3/h4-5,8-12H,6-7H2,1-3H3. The molecule has 0 fully saturated rings. The number of hydrogen-bond donors (Lipinski definition) is 1. The zero-order chi connectivity index (χ0) is 9.40. The van der Waals surface area contributed by atoms with Crippen molar-refractivity contribution in [3.8, 4) is 0 Å². The lowest BCUT2D eigenvalue weighted by molar-refractivity contribution is 0.213. The molecule has 0 heterocycles. The molecule has 0 aromatic rings. The van der Waals surface area contributed by atoms with Crippen LogP contribution in [0.3, 0.4) is 0 Å². The third kappa shape index (κ3) is 7.55. The van der Waals surface area contributed by atoms with Crippen LogP contribution >= 0.6 is 0 Å². The van der Waals surface area contributed by atoms with Gasteiger partial charge in [0.25, 0.3) is 0 Å². The molecule has 0 bridgehead atoms. The van der Waals surface area contributed by atoms with Crippen molar-refractivity contribution < 1.29 is 5.11 Å². The Labute approximate surface area is 75.8 Å². The van der Waals surface area contributed by atoms with Gasteiger partial charge in [-0.25, -0.2) is 0 Å². The Hall–Kier alpha value is -0.560. The van der Waals surface area contributed by atoms with Crippen LogP contribution in [-0.2, 0) is 0 Å². The Morgan fingerprint density at radius 3 is 2.42 bits per heavy atom. The van der Waals surface area contributed by atoms with E-state index in [-0.39, 0.29) is 6.10 Å². The van der Waals surface area contributed by atoms with Crippen molar-refractivity contribution in [1.29, 1.82) is 0 Å². The van der Waals surface area contributed by atoms with E-state index in [0.717, 1.165) is 12.8 Å². The molecule has 0 amide bonds. The number of rotatable bonds is 5. The maximum absolute atomic E-state index is 9.40. The highest BCUT2D eigenvalue weighted by Crippen LogP contribution is 2.02. The summed E-state index contributed by atoms with van der Waals surface area (Å²) >= 11 is 0. The van der Waals surface area contributed by atoms with E-state index in [2.05, 4.69) is 19.9 Å². The summed E-state index contributed by atoms with van der Waals surface area (Å²) in [5.41, 5.74) is 0. The molecule has 0 rings (SSSR count). The Morgan fingerprint density at radius 1 is 1.25 bits per heavy atom. The van der Waals surface area contributed by atoms with Crippen LogP contribution < -0.4 is 0 Å². The van der Waals surface area contributed by atoms with Gasteiger partial charge in [0.1, 0.15) is 0 Å². The lowest BCUT2D eigenvalue weighted by Gasteiger charge is -2.03. The van der Waals surface area contributed by atoms with Crippen LogP contribution in [0, 0.1) is 5.92 Å². The summed E-state index contributed by atoms with van der Waals surface area (Å²) < 4.78 is 0. The molecule has 0 radical (unpaired) electrons. The predicted octanol–water partition coefficient (Wildman–Crippen LogP) is 2.92. The molecule has 0 spiro atoms. The molecule has 0 saturated carbocycles. The first-order chi connectivity index (χ1) is 5.66. The molecule has 1 unspecified atom stereocenters. The summed E-state index contributed by atoms with van der Waals surface area (Å²) in [6, 6.07) is 0. The molecular weight excluding hydrogens is 148 g/mol. The van der Waals surface area contributed by atoms with Crippen molar-refractivity contribution in [2.75, 3.05) is 0 Å². The van der Waals surface area contributed by atoms with Crippen LogP contribution in [0.1, 0.15) is 33.6 Å². The van der Waals surface area contributed by atoms with Gasteiger partial charge in [0.15, 0.2) is 0 Å². The molecule has 0 aliphatic rings. The maximum atomic E-state index is 9.40. The van der Waals surface area contributed by atoms with E-state index >= 15 is 0 Å². The minimum Gasteiger partial charge on any atom is -0.389 e. The molecule has 1 atom stereocenters. The van der Waals surface area contributed by atoms with Gasteiger partial charge in [-0.3, -0.25) is 0 Å².